The third-order valence-corrected chi connectivity index (χ3v) is 7.77. The van der Waals surface area contributed by atoms with E-state index in [1.54, 1.807) is 13.1 Å². The molecule has 214 valence electrons. The smallest absolute Gasteiger partial charge is 0.406 e. The van der Waals surface area contributed by atoms with E-state index in [4.69, 9.17) is 0 Å². The first kappa shape index (κ1) is 28.0. The molecular formula is C26H31F3N8O2S. The molecule has 1 aromatic carbocycles. The van der Waals surface area contributed by atoms with Crippen LogP contribution in [-0.4, -0.2) is 69.8 Å². The van der Waals surface area contributed by atoms with Crippen LogP contribution in [0.4, 0.5) is 29.3 Å². The minimum Gasteiger partial charge on any atom is -0.406 e. The summed E-state index contributed by atoms with van der Waals surface area (Å²) in [5.74, 6) is 0.788. The van der Waals surface area contributed by atoms with Crippen molar-refractivity contribution in [1.82, 2.24) is 25.3 Å². The van der Waals surface area contributed by atoms with Gasteiger partial charge in [-0.15, -0.1) is 28.5 Å². The van der Waals surface area contributed by atoms with E-state index in [-0.39, 0.29) is 23.6 Å². The van der Waals surface area contributed by atoms with E-state index < -0.39 is 6.36 Å². The molecule has 14 heteroatoms. The fraction of sp³-hybridized carbons (Fsp3) is 0.500. The number of rotatable bonds is 9. The first-order valence-corrected chi connectivity index (χ1v) is 14.0. The predicted molar refractivity (Wildman–Crippen MR) is 145 cm³/mol. The van der Waals surface area contributed by atoms with Crippen molar-refractivity contribution in [2.45, 2.75) is 51.6 Å². The summed E-state index contributed by atoms with van der Waals surface area (Å²) in [7, 11) is 0. The zero-order chi connectivity index (χ0) is 28.1. The molecule has 10 nitrogen and oxygen atoms in total. The Hall–Kier alpha value is -3.52. The second kappa shape index (κ2) is 12.3. The Morgan fingerprint density at radius 2 is 1.90 bits per heavy atom. The molecule has 4 heterocycles. The van der Waals surface area contributed by atoms with Gasteiger partial charge in [0.25, 0.3) is 0 Å². The number of aryl methyl sites for hydroxylation is 1. The standard InChI is InChI=1S/C26H31F3N8O2S/c1-17-11-19(13-21(12-17)39-26(27,28)29)15-36-8-4-18(5-9-36)14-23(38)32-25-35-34-24(40-25)31-20-6-10-37(16-20)22-3-2-7-30-33-22/h2-3,7,11-13,18,20H,4-6,8-10,14-16H2,1H3,(H,31,34)(H,32,35,38)/t20-/m1/s1. The topological polar surface area (TPSA) is 108 Å². The number of hydrogen-bond acceptors (Lipinski definition) is 10. The van der Waals surface area contributed by atoms with Crippen molar-refractivity contribution in [3.63, 3.8) is 0 Å². The number of carbonyl (C=O) groups excluding carboxylic acids is 1. The van der Waals surface area contributed by atoms with Crippen LogP contribution in [0, 0.1) is 12.8 Å². The number of ether oxygens (including phenoxy) is 1. The lowest BCUT2D eigenvalue weighted by molar-refractivity contribution is -0.274. The van der Waals surface area contributed by atoms with Crippen molar-refractivity contribution in [3.8, 4) is 5.75 Å². The Morgan fingerprint density at radius 1 is 1.10 bits per heavy atom. The minimum atomic E-state index is -4.72. The van der Waals surface area contributed by atoms with Gasteiger partial charge in [0.15, 0.2) is 5.82 Å². The molecule has 5 rings (SSSR count). The van der Waals surface area contributed by atoms with Crippen LogP contribution in [0.2, 0.25) is 0 Å². The molecule has 2 aliphatic heterocycles. The highest BCUT2D eigenvalue weighted by Gasteiger charge is 2.31. The molecule has 2 aliphatic rings. The molecule has 0 radical (unpaired) electrons. The minimum absolute atomic E-state index is 0.0940. The van der Waals surface area contributed by atoms with Gasteiger partial charge in [-0.1, -0.05) is 17.4 Å². The second-order valence-electron chi connectivity index (χ2n) is 10.2. The Labute approximate surface area is 233 Å². The van der Waals surface area contributed by atoms with Crippen LogP contribution >= 0.6 is 11.3 Å². The van der Waals surface area contributed by atoms with E-state index in [1.165, 1.54) is 23.5 Å². The quantitative estimate of drug-likeness (QED) is 0.382. The molecule has 40 heavy (non-hydrogen) atoms. The van der Waals surface area contributed by atoms with E-state index in [9.17, 15) is 18.0 Å². The fourth-order valence-corrected chi connectivity index (χ4v) is 5.94. The Kier molecular flexibility index (Phi) is 8.64. The lowest BCUT2D eigenvalue weighted by atomic mass is 9.93. The summed E-state index contributed by atoms with van der Waals surface area (Å²) in [5.41, 5.74) is 1.49. The van der Waals surface area contributed by atoms with Crippen LogP contribution < -0.4 is 20.3 Å². The van der Waals surface area contributed by atoms with Gasteiger partial charge >= 0.3 is 6.36 Å². The monoisotopic (exact) mass is 576 g/mol. The highest BCUT2D eigenvalue weighted by molar-refractivity contribution is 7.19. The van der Waals surface area contributed by atoms with Gasteiger partial charge in [0, 0.05) is 38.3 Å². The zero-order valence-corrected chi connectivity index (χ0v) is 22.8. The van der Waals surface area contributed by atoms with E-state index >= 15 is 0 Å². The summed E-state index contributed by atoms with van der Waals surface area (Å²) < 4.78 is 41.9. The van der Waals surface area contributed by atoms with Gasteiger partial charge in [-0.3, -0.25) is 9.69 Å². The maximum atomic E-state index is 12.7. The van der Waals surface area contributed by atoms with Crippen LogP contribution in [-0.2, 0) is 11.3 Å². The summed E-state index contributed by atoms with van der Waals surface area (Å²) in [6.07, 6.45) is -0.0771. The van der Waals surface area contributed by atoms with Crippen molar-refractivity contribution in [2.75, 3.05) is 41.7 Å². The molecule has 0 saturated carbocycles. The first-order valence-electron chi connectivity index (χ1n) is 13.2. The van der Waals surface area contributed by atoms with Crippen molar-refractivity contribution in [3.05, 3.63) is 47.7 Å². The summed E-state index contributed by atoms with van der Waals surface area (Å²) >= 11 is 1.31. The largest absolute Gasteiger partial charge is 0.573 e. The number of aromatic nitrogens is 4. The summed E-state index contributed by atoms with van der Waals surface area (Å²) in [5, 5.41) is 23.8. The third-order valence-electron chi connectivity index (χ3n) is 7.00. The van der Waals surface area contributed by atoms with Gasteiger partial charge in [-0.05, 0) is 80.6 Å². The third kappa shape index (κ3) is 8.01. The van der Waals surface area contributed by atoms with Crippen LogP contribution in [0.5, 0.6) is 5.75 Å². The molecule has 1 amide bonds. The molecular weight excluding hydrogens is 545 g/mol. The summed E-state index contributed by atoms with van der Waals surface area (Å²) in [6, 6.07) is 8.69. The number of alkyl halides is 3. The number of nitrogens with one attached hydrogen (secondary N) is 2. The average molecular weight is 577 g/mol. The Bertz CT molecular complexity index is 1280. The van der Waals surface area contributed by atoms with E-state index in [2.05, 4.69) is 45.6 Å². The first-order chi connectivity index (χ1) is 19.2. The number of benzene rings is 1. The normalized spacial score (nSPS) is 18.6. The number of carbonyl (C=O) groups is 1. The molecule has 2 fully saturated rings. The second-order valence-corrected chi connectivity index (χ2v) is 11.2. The number of nitrogens with zero attached hydrogens (tertiary/aromatic N) is 6. The molecule has 0 bridgehead atoms. The molecule has 2 aromatic heterocycles. The molecule has 2 saturated heterocycles. The summed E-state index contributed by atoms with van der Waals surface area (Å²) in [6.45, 7) is 5.47. The molecule has 0 aliphatic carbocycles. The van der Waals surface area contributed by atoms with Gasteiger partial charge < -0.3 is 20.3 Å². The van der Waals surface area contributed by atoms with Crippen LogP contribution in [0.15, 0.2) is 36.5 Å². The number of piperidine rings is 1. The van der Waals surface area contributed by atoms with E-state index in [0.29, 0.717) is 28.8 Å². The maximum Gasteiger partial charge on any atom is 0.573 e. The lowest BCUT2D eigenvalue weighted by Gasteiger charge is -2.31. The fourth-order valence-electron chi connectivity index (χ4n) is 5.20. The molecule has 2 N–H and O–H groups in total. The lowest BCUT2D eigenvalue weighted by Crippen LogP contribution is -2.34. The zero-order valence-electron chi connectivity index (χ0n) is 22.0. The number of anilines is 3. The predicted octanol–water partition coefficient (Wildman–Crippen LogP) is 4.47. The number of halogens is 3. The van der Waals surface area contributed by atoms with Gasteiger partial charge in [0.1, 0.15) is 5.75 Å². The van der Waals surface area contributed by atoms with Crippen LogP contribution in [0.1, 0.15) is 36.8 Å². The van der Waals surface area contributed by atoms with Gasteiger partial charge in [-0.25, -0.2) is 0 Å². The van der Waals surface area contributed by atoms with Crippen molar-refractivity contribution < 1.29 is 22.7 Å². The summed E-state index contributed by atoms with van der Waals surface area (Å²) in [4.78, 5) is 17.0. The van der Waals surface area contributed by atoms with Gasteiger partial charge in [-0.2, -0.15) is 5.10 Å². The highest BCUT2D eigenvalue weighted by Crippen LogP contribution is 2.28. The number of likely N-dealkylation sites (tertiary alicyclic amines) is 1. The van der Waals surface area contributed by atoms with Crippen molar-refractivity contribution in [2.24, 2.45) is 5.92 Å². The number of hydrogen-bond donors (Lipinski definition) is 2. The Morgan fingerprint density at radius 3 is 2.65 bits per heavy atom. The maximum absolute atomic E-state index is 12.7. The van der Waals surface area contributed by atoms with Crippen molar-refractivity contribution in [1.29, 1.82) is 0 Å². The number of amides is 1. The molecule has 0 spiro atoms. The Balaban J connectivity index is 1.04. The van der Waals surface area contributed by atoms with Crippen molar-refractivity contribution >= 4 is 33.3 Å². The van der Waals surface area contributed by atoms with Crippen LogP contribution in [0.3, 0.4) is 0 Å². The SMILES string of the molecule is Cc1cc(CN2CCC(CC(=O)Nc3nnc(N[C@@H]4CCN(c5cccnn5)C4)s3)CC2)cc(OC(F)(F)F)c1. The average Bonchev–Trinajstić information content (AvgIpc) is 3.54. The van der Waals surface area contributed by atoms with E-state index in [1.807, 2.05) is 18.2 Å². The van der Waals surface area contributed by atoms with Gasteiger partial charge in [0.2, 0.25) is 16.2 Å². The van der Waals surface area contributed by atoms with Crippen LogP contribution in [0.25, 0.3) is 0 Å². The van der Waals surface area contributed by atoms with E-state index in [0.717, 1.165) is 56.8 Å². The molecule has 0 unspecified atom stereocenters. The molecule has 1 atom stereocenters. The highest BCUT2D eigenvalue weighted by atomic mass is 32.1. The van der Waals surface area contributed by atoms with Gasteiger partial charge in [0.05, 0.1) is 0 Å². The molecule has 3 aromatic rings.